The number of urea groups is 1. The molecule has 0 aliphatic heterocycles. The number of pyridine rings is 1. The molecule has 202 valence electrons. The van der Waals surface area contributed by atoms with Crippen molar-refractivity contribution < 1.29 is 18.0 Å². The molecule has 8 nitrogen and oxygen atoms in total. The summed E-state index contributed by atoms with van der Waals surface area (Å²) in [7, 11) is 0. The van der Waals surface area contributed by atoms with Gasteiger partial charge in [-0.3, -0.25) is 10.4 Å². The number of aromatic amines is 1. The number of nitrogens with zero attached hydrogens (tertiary/aromatic N) is 4. The van der Waals surface area contributed by atoms with Crippen LogP contribution in [0.15, 0.2) is 79.0 Å². The van der Waals surface area contributed by atoms with E-state index < -0.39 is 22.8 Å². The van der Waals surface area contributed by atoms with Gasteiger partial charge in [0.1, 0.15) is 11.6 Å². The van der Waals surface area contributed by atoms with Crippen LogP contribution in [0.5, 0.6) is 0 Å². The van der Waals surface area contributed by atoms with Crippen LogP contribution in [-0.2, 0) is 12.6 Å². The Morgan fingerprint density at radius 1 is 0.950 bits per heavy atom. The summed E-state index contributed by atoms with van der Waals surface area (Å²) in [6, 6.07) is 19.3. The molecule has 0 bridgehead atoms. The molecule has 2 aromatic carbocycles. The zero-order valence-electron chi connectivity index (χ0n) is 20.9. The van der Waals surface area contributed by atoms with Gasteiger partial charge in [0, 0.05) is 29.6 Å². The van der Waals surface area contributed by atoms with Crippen LogP contribution in [0.1, 0.15) is 22.6 Å². The Labute approximate surface area is 231 Å². The summed E-state index contributed by atoms with van der Waals surface area (Å²) in [5.74, 6) is 0.789. The van der Waals surface area contributed by atoms with Gasteiger partial charge in [0.25, 0.3) is 0 Å². The fourth-order valence-electron chi connectivity index (χ4n) is 3.94. The highest BCUT2D eigenvalue weighted by Gasteiger charge is 2.33. The molecule has 0 unspecified atom stereocenters. The molecule has 0 aliphatic rings. The Morgan fingerprint density at radius 2 is 1.75 bits per heavy atom. The normalized spacial score (nSPS) is 11.3. The van der Waals surface area contributed by atoms with Crippen LogP contribution in [-0.4, -0.2) is 31.2 Å². The maximum absolute atomic E-state index is 13.1. The number of nitrogens with one attached hydrogen (secondary N) is 3. The number of hydrogen-bond donors (Lipinski definition) is 3. The van der Waals surface area contributed by atoms with Gasteiger partial charge in [-0.05, 0) is 48.9 Å². The van der Waals surface area contributed by atoms with E-state index in [9.17, 15) is 18.0 Å². The van der Waals surface area contributed by atoms with E-state index in [4.69, 9.17) is 11.6 Å². The monoisotopic (exact) mass is 563 g/mol. The van der Waals surface area contributed by atoms with E-state index in [1.807, 2.05) is 49.4 Å². The quantitative estimate of drug-likeness (QED) is 0.203. The van der Waals surface area contributed by atoms with Gasteiger partial charge in [0.2, 0.25) is 0 Å². The Hall–Kier alpha value is -4.77. The van der Waals surface area contributed by atoms with Crippen LogP contribution in [0.2, 0.25) is 5.02 Å². The first-order valence-electron chi connectivity index (χ1n) is 12.0. The summed E-state index contributed by atoms with van der Waals surface area (Å²) in [5, 5.41) is 11.8. The van der Waals surface area contributed by atoms with Crippen molar-refractivity contribution in [2.45, 2.75) is 19.5 Å². The van der Waals surface area contributed by atoms with E-state index in [0.29, 0.717) is 17.9 Å². The van der Waals surface area contributed by atoms with Gasteiger partial charge in [-0.1, -0.05) is 48.0 Å². The van der Waals surface area contributed by atoms with Crippen molar-refractivity contribution in [3.8, 4) is 22.6 Å². The van der Waals surface area contributed by atoms with E-state index in [-0.39, 0.29) is 11.5 Å². The van der Waals surface area contributed by atoms with Crippen LogP contribution in [0.4, 0.5) is 29.5 Å². The molecule has 3 N–H and O–H groups in total. The highest BCUT2D eigenvalue weighted by molar-refractivity contribution is 6.31. The zero-order chi connectivity index (χ0) is 28.3. The summed E-state index contributed by atoms with van der Waals surface area (Å²) < 4.78 is 39.2. The Morgan fingerprint density at radius 3 is 2.48 bits per heavy atom. The number of carbonyl (C=O) groups excluding carboxylic acids is 1. The second kappa shape index (κ2) is 11.1. The van der Waals surface area contributed by atoms with Crippen molar-refractivity contribution in [1.82, 2.24) is 25.1 Å². The lowest BCUT2D eigenvalue weighted by atomic mass is 10.1. The molecule has 40 heavy (non-hydrogen) atoms. The molecular weight excluding hydrogens is 543 g/mol. The fraction of sp³-hybridized carbons (Fsp3) is 0.107. The molecule has 0 fully saturated rings. The first-order chi connectivity index (χ1) is 19.1. The number of hydrogen-bond acceptors (Lipinski definition) is 5. The van der Waals surface area contributed by atoms with Gasteiger partial charge >= 0.3 is 12.2 Å². The molecule has 5 rings (SSSR count). The maximum atomic E-state index is 13.1. The predicted molar refractivity (Wildman–Crippen MR) is 146 cm³/mol. The van der Waals surface area contributed by atoms with E-state index >= 15 is 0 Å². The third-order valence-electron chi connectivity index (χ3n) is 5.78. The third kappa shape index (κ3) is 6.44. The average molecular weight is 564 g/mol. The standard InChI is InChI=1S/C28H21ClF3N7O/c1-16-11-23(24-14-22(38-39-24)18-5-3-2-4-6-18)36-26(34-16)12-17-7-10-25(33-15-17)37-27(40)35-19-8-9-21(29)20(13-19)28(30,31)32/h2-11,13-15H,12H2,1H3,(H,38,39)(H2,33,35,37,40). The van der Waals surface area contributed by atoms with Crippen LogP contribution >= 0.6 is 11.6 Å². The maximum Gasteiger partial charge on any atom is 0.417 e. The van der Waals surface area contributed by atoms with Gasteiger partial charge < -0.3 is 5.32 Å². The molecule has 0 aliphatic carbocycles. The van der Waals surface area contributed by atoms with Gasteiger partial charge in [-0.2, -0.15) is 18.3 Å². The first-order valence-corrected chi connectivity index (χ1v) is 12.4. The number of aryl methyl sites for hydroxylation is 1. The molecule has 0 atom stereocenters. The highest BCUT2D eigenvalue weighted by Crippen LogP contribution is 2.36. The SMILES string of the molecule is Cc1cc(-c2cc(-c3ccccc3)n[nH]2)nc(Cc2ccc(NC(=O)Nc3ccc(Cl)c(C(F)(F)F)c3)nc2)n1. The Kier molecular flexibility index (Phi) is 7.47. The van der Waals surface area contributed by atoms with Crippen molar-refractivity contribution in [2.75, 3.05) is 10.6 Å². The number of anilines is 2. The number of amides is 2. The Balaban J connectivity index is 1.24. The highest BCUT2D eigenvalue weighted by atomic mass is 35.5. The molecule has 0 radical (unpaired) electrons. The number of alkyl halides is 3. The van der Waals surface area contributed by atoms with Gasteiger partial charge in [0.05, 0.1) is 27.7 Å². The molecular formula is C28H21ClF3N7O. The number of rotatable bonds is 6. The van der Waals surface area contributed by atoms with Crippen molar-refractivity contribution >= 4 is 29.1 Å². The average Bonchev–Trinajstić information content (AvgIpc) is 3.41. The third-order valence-corrected chi connectivity index (χ3v) is 6.11. The molecule has 12 heteroatoms. The van der Waals surface area contributed by atoms with Crippen LogP contribution in [0, 0.1) is 6.92 Å². The predicted octanol–water partition coefficient (Wildman–Crippen LogP) is 7.14. The minimum absolute atomic E-state index is 0.0635. The number of H-pyrrole nitrogens is 1. The summed E-state index contributed by atoms with van der Waals surface area (Å²) in [5.41, 5.74) is 3.74. The summed E-state index contributed by atoms with van der Waals surface area (Å²) in [6.07, 6.45) is -2.69. The van der Waals surface area contributed by atoms with Gasteiger partial charge in [0.15, 0.2) is 0 Å². The second-order valence-electron chi connectivity index (χ2n) is 8.84. The summed E-state index contributed by atoms with van der Waals surface area (Å²) >= 11 is 5.62. The van der Waals surface area contributed by atoms with Crippen molar-refractivity contribution in [3.63, 3.8) is 0 Å². The van der Waals surface area contributed by atoms with Gasteiger partial charge in [-0.15, -0.1) is 0 Å². The van der Waals surface area contributed by atoms with Crippen LogP contribution in [0.25, 0.3) is 22.6 Å². The molecule has 2 amide bonds. The molecule has 0 saturated carbocycles. The van der Waals surface area contributed by atoms with Crippen molar-refractivity contribution in [2.24, 2.45) is 0 Å². The molecule has 5 aromatic rings. The second-order valence-corrected chi connectivity index (χ2v) is 9.25. The largest absolute Gasteiger partial charge is 0.417 e. The minimum Gasteiger partial charge on any atom is -0.308 e. The summed E-state index contributed by atoms with van der Waals surface area (Å²) in [6.45, 7) is 1.88. The van der Waals surface area contributed by atoms with Gasteiger partial charge in [-0.25, -0.2) is 19.7 Å². The first kappa shape index (κ1) is 26.8. The molecule has 0 saturated heterocycles. The smallest absolute Gasteiger partial charge is 0.308 e. The lowest BCUT2D eigenvalue weighted by Crippen LogP contribution is -2.20. The van der Waals surface area contributed by atoms with E-state index in [0.717, 1.165) is 40.3 Å². The van der Waals surface area contributed by atoms with Crippen LogP contribution < -0.4 is 10.6 Å². The van der Waals surface area contributed by atoms with E-state index in [1.165, 1.54) is 6.07 Å². The van der Waals surface area contributed by atoms with Crippen molar-refractivity contribution in [1.29, 1.82) is 0 Å². The topological polar surface area (TPSA) is 108 Å². The Bertz CT molecular complexity index is 1660. The zero-order valence-corrected chi connectivity index (χ0v) is 21.7. The molecule has 0 spiro atoms. The number of carbonyl (C=O) groups is 1. The number of halogens is 4. The number of benzene rings is 2. The number of aromatic nitrogens is 5. The summed E-state index contributed by atoms with van der Waals surface area (Å²) in [4.78, 5) is 25.7. The van der Waals surface area contributed by atoms with Crippen LogP contribution in [0.3, 0.4) is 0 Å². The fourth-order valence-corrected chi connectivity index (χ4v) is 4.17. The molecule has 3 aromatic heterocycles. The lowest BCUT2D eigenvalue weighted by Gasteiger charge is -2.12. The van der Waals surface area contributed by atoms with E-state index in [2.05, 4.69) is 35.8 Å². The molecule has 3 heterocycles. The lowest BCUT2D eigenvalue weighted by molar-refractivity contribution is -0.137. The minimum atomic E-state index is -4.64. The van der Waals surface area contributed by atoms with E-state index in [1.54, 1.807) is 18.3 Å². The van der Waals surface area contributed by atoms with Crippen molar-refractivity contribution in [3.05, 3.63) is 107 Å².